The average molecular weight is 427 g/mol. The summed E-state index contributed by atoms with van der Waals surface area (Å²) in [6.07, 6.45) is 1.16. The van der Waals surface area contributed by atoms with E-state index in [1.165, 1.54) is 0 Å². The zero-order valence-corrected chi connectivity index (χ0v) is 17.9. The lowest BCUT2D eigenvalue weighted by atomic mass is 9.92. The van der Waals surface area contributed by atoms with Crippen molar-refractivity contribution in [3.63, 3.8) is 0 Å². The number of rotatable bonds is 4. The molecule has 5 nitrogen and oxygen atoms in total. The van der Waals surface area contributed by atoms with Gasteiger partial charge in [0.2, 0.25) is 10.0 Å². The second-order valence-electron chi connectivity index (χ2n) is 8.31. The highest BCUT2D eigenvalue weighted by Crippen LogP contribution is 2.63. The molecule has 2 aliphatic rings. The molecule has 7 heteroatoms. The number of nitrogens with zero attached hydrogens (tertiary/aromatic N) is 1. The van der Waals surface area contributed by atoms with E-state index in [1.54, 1.807) is 17.4 Å². The van der Waals surface area contributed by atoms with Gasteiger partial charge in [-0.3, -0.25) is 9.52 Å². The Morgan fingerprint density at radius 2 is 1.83 bits per heavy atom. The van der Waals surface area contributed by atoms with Crippen molar-refractivity contribution in [1.29, 1.82) is 0 Å². The second-order valence-corrected chi connectivity index (χ2v) is 11.1. The first-order valence-electron chi connectivity index (χ1n) is 9.62. The minimum absolute atomic E-state index is 0.00780. The molecule has 2 aromatic carbocycles. The van der Waals surface area contributed by atoms with Gasteiger partial charge in [-0.05, 0) is 47.1 Å². The molecule has 0 bridgehead atoms. The lowest BCUT2D eigenvalue weighted by Gasteiger charge is -2.24. The summed E-state index contributed by atoms with van der Waals surface area (Å²) in [4.78, 5) is 15.8. The second kappa shape index (κ2) is 6.31. The summed E-state index contributed by atoms with van der Waals surface area (Å²) in [5.74, 6) is 0.942. The number of carbonyl (C=O) groups excluding carboxylic acids is 1. The molecule has 2 unspecified atom stereocenters. The fourth-order valence-electron chi connectivity index (χ4n) is 4.85. The molecular formula is C22H22N2O3S2. The van der Waals surface area contributed by atoms with Gasteiger partial charge in [-0.1, -0.05) is 37.3 Å². The SMILES string of the molecule is CC1(c2cccc(NS(C)(=O)=O)c2)C2CN(C(=O)c3cc4ccccc4s3)CC21. The Morgan fingerprint density at radius 1 is 1.10 bits per heavy atom. The maximum atomic E-state index is 13.0. The molecular weight excluding hydrogens is 404 g/mol. The summed E-state index contributed by atoms with van der Waals surface area (Å²) in [5.41, 5.74) is 1.72. The number of sulfonamides is 1. The highest BCUT2D eigenvalue weighted by molar-refractivity contribution is 7.92. The summed E-state index contributed by atoms with van der Waals surface area (Å²) in [7, 11) is -3.30. The maximum absolute atomic E-state index is 13.0. The first kappa shape index (κ1) is 18.6. The highest BCUT2D eigenvalue weighted by atomic mass is 32.2. The molecule has 1 aliphatic heterocycles. The summed E-state index contributed by atoms with van der Waals surface area (Å²) in [6, 6.07) is 17.7. The van der Waals surface area contributed by atoms with E-state index in [1.807, 2.05) is 47.4 Å². The van der Waals surface area contributed by atoms with Gasteiger partial charge in [-0.2, -0.15) is 0 Å². The Hall–Kier alpha value is -2.38. The Kier molecular flexibility index (Phi) is 4.05. The molecule has 1 N–H and O–H groups in total. The fourth-order valence-corrected chi connectivity index (χ4v) is 6.44. The number of hydrogen-bond donors (Lipinski definition) is 1. The number of anilines is 1. The zero-order chi connectivity index (χ0) is 20.4. The third-order valence-corrected chi connectivity index (χ3v) is 8.17. The minimum atomic E-state index is -3.30. The van der Waals surface area contributed by atoms with Crippen LogP contribution in [0.15, 0.2) is 54.6 Å². The molecule has 0 spiro atoms. The highest BCUT2D eigenvalue weighted by Gasteiger charge is 2.66. The van der Waals surface area contributed by atoms with Crippen molar-refractivity contribution < 1.29 is 13.2 Å². The lowest BCUT2D eigenvalue weighted by molar-refractivity contribution is 0.0770. The van der Waals surface area contributed by atoms with Crippen LogP contribution in [0.25, 0.3) is 10.1 Å². The molecule has 5 rings (SSSR count). The molecule has 2 heterocycles. The van der Waals surface area contributed by atoms with Gasteiger partial charge < -0.3 is 4.90 Å². The summed E-state index contributed by atoms with van der Waals surface area (Å²) in [6.45, 7) is 3.72. The minimum Gasteiger partial charge on any atom is -0.337 e. The predicted molar refractivity (Wildman–Crippen MR) is 117 cm³/mol. The van der Waals surface area contributed by atoms with Crippen molar-refractivity contribution in [2.24, 2.45) is 11.8 Å². The monoisotopic (exact) mass is 426 g/mol. The smallest absolute Gasteiger partial charge is 0.263 e. The van der Waals surface area contributed by atoms with E-state index in [2.05, 4.69) is 17.7 Å². The van der Waals surface area contributed by atoms with Gasteiger partial charge in [0.25, 0.3) is 5.91 Å². The van der Waals surface area contributed by atoms with E-state index in [-0.39, 0.29) is 11.3 Å². The van der Waals surface area contributed by atoms with Gasteiger partial charge in [0.05, 0.1) is 11.1 Å². The average Bonchev–Trinajstić information content (AvgIpc) is 3.07. The van der Waals surface area contributed by atoms with Crippen molar-refractivity contribution in [3.8, 4) is 0 Å². The van der Waals surface area contributed by atoms with Crippen molar-refractivity contribution >= 4 is 43.0 Å². The summed E-state index contributed by atoms with van der Waals surface area (Å²) >= 11 is 1.56. The van der Waals surface area contributed by atoms with Crippen molar-refractivity contribution in [2.45, 2.75) is 12.3 Å². The molecule has 3 aromatic rings. The van der Waals surface area contributed by atoms with Crippen LogP contribution in [0.1, 0.15) is 22.2 Å². The molecule has 1 saturated heterocycles. The van der Waals surface area contributed by atoms with Crippen LogP contribution in [0.2, 0.25) is 0 Å². The molecule has 29 heavy (non-hydrogen) atoms. The Bertz CT molecular complexity index is 1190. The van der Waals surface area contributed by atoms with Gasteiger partial charge in [0.15, 0.2) is 0 Å². The van der Waals surface area contributed by atoms with Crippen LogP contribution in [0.3, 0.4) is 0 Å². The third kappa shape index (κ3) is 3.13. The number of likely N-dealkylation sites (tertiary alicyclic amines) is 1. The van der Waals surface area contributed by atoms with Crippen molar-refractivity contribution in [1.82, 2.24) is 4.90 Å². The van der Waals surface area contributed by atoms with E-state index >= 15 is 0 Å². The van der Waals surface area contributed by atoms with Crippen LogP contribution in [0.5, 0.6) is 0 Å². The summed E-state index contributed by atoms with van der Waals surface area (Å²) < 4.78 is 26.8. The Labute approximate surface area is 174 Å². The molecule has 0 radical (unpaired) electrons. The molecule has 1 aliphatic carbocycles. The van der Waals surface area contributed by atoms with Gasteiger partial charge in [0.1, 0.15) is 0 Å². The largest absolute Gasteiger partial charge is 0.337 e. The first-order valence-corrected chi connectivity index (χ1v) is 12.3. The topological polar surface area (TPSA) is 66.5 Å². The third-order valence-electron chi connectivity index (χ3n) is 6.46. The number of hydrogen-bond acceptors (Lipinski definition) is 4. The standard InChI is InChI=1S/C22H22N2O3S2/c1-22(15-7-5-8-16(11-15)23-29(2,26)27)17-12-24(13-18(17)22)21(25)20-10-14-6-3-4-9-19(14)28-20/h3-11,17-18,23H,12-13H2,1-2H3. The van der Waals surface area contributed by atoms with Crippen LogP contribution < -0.4 is 4.72 Å². The molecule has 1 amide bonds. The molecule has 2 fully saturated rings. The van der Waals surface area contributed by atoms with Crippen LogP contribution in [-0.4, -0.2) is 38.6 Å². The molecule has 2 atom stereocenters. The number of benzene rings is 2. The molecule has 150 valence electrons. The lowest BCUT2D eigenvalue weighted by Crippen LogP contribution is -2.34. The Balaban J connectivity index is 1.32. The number of carbonyl (C=O) groups is 1. The van der Waals surface area contributed by atoms with Gasteiger partial charge >= 0.3 is 0 Å². The quantitative estimate of drug-likeness (QED) is 0.687. The normalized spacial score (nSPS) is 25.8. The van der Waals surface area contributed by atoms with Gasteiger partial charge in [-0.25, -0.2) is 8.42 Å². The van der Waals surface area contributed by atoms with Crippen molar-refractivity contribution in [2.75, 3.05) is 24.1 Å². The van der Waals surface area contributed by atoms with Gasteiger partial charge in [-0.15, -0.1) is 11.3 Å². The van der Waals surface area contributed by atoms with Crippen molar-refractivity contribution in [3.05, 3.63) is 65.0 Å². The van der Waals surface area contributed by atoms with E-state index < -0.39 is 10.0 Å². The number of piperidine rings is 1. The van der Waals surface area contributed by atoms with E-state index in [0.29, 0.717) is 17.5 Å². The van der Waals surface area contributed by atoms with Crippen LogP contribution in [0.4, 0.5) is 5.69 Å². The number of thiophene rings is 1. The predicted octanol–water partition coefficient (Wildman–Crippen LogP) is 3.93. The van der Waals surface area contributed by atoms with E-state index in [4.69, 9.17) is 0 Å². The van der Waals surface area contributed by atoms with Crippen LogP contribution in [0, 0.1) is 11.8 Å². The zero-order valence-electron chi connectivity index (χ0n) is 16.3. The van der Waals surface area contributed by atoms with Crippen LogP contribution >= 0.6 is 11.3 Å². The summed E-state index contributed by atoms with van der Waals surface area (Å²) in [5, 5.41) is 1.12. The maximum Gasteiger partial charge on any atom is 0.263 e. The fraction of sp³-hybridized carbons (Fsp3) is 0.318. The van der Waals surface area contributed by atoms with E-state index in [9.17, 15) is 13.2 Å². The Morgan fingerprint density at radius 3 is 2.52 bits per heavy atom. The van der Waals surface area contributed by atoms with E-state index in [0.717, 1.165) is 39.9 Å². The van der Waals surface area contributed by atoms with Crippen LogP contribution in [-0.2, 0) is 15.4 Å². The molecule has 1 aromatic heterocycles. The van der Waals surface area contributed by atoms with Gasteiger partial charge in [0, 0.05) is 28.9 Å². The first-order chi connectivity index (χ1) is 13.8. The molecule has 1 saturated carbocycles. The number of amides is 1. The number of nitrogens with one attached hydrogen (secondary N) is 1. The number of fused-ring (bicyclic) bond motifs is 2.